The highest BCUT2D eigenvalue weighted by Crippen LogP contribution is 2.66. The molecule has 0 heteroatoms. The van der Waals surface area contributed by atoms with Crippen LogP contribution in [0.5, 0.6) is 0 Å². The highest BCUT2D eigenvalue weighted by Gasteiger charge is 2.57. The van der Waals surface area contributed by atoms with Gasteiger partial charge in [-0.3, -0.25) is 0 Å². The Morgan fingerprint density at radius 3 is 2.12 bits per heavy atom. The normalized spacial score (nSPS) is 58.5. The van der Waals surface area contributed by atoms with Crippen molar-refractivity contribution >= 4 is 0 Å². The molecule has 5 rings (SSSR count). The van der Waals surface area contributed by atoms with Crippen molar-refractivity contribution in [2.75, 3.05) is 0 Å². The second-order valence-corrected chi connectivity index (χ2v) is 7.87. The Morgan fingerprint density at radius 1 is 1.06 bits per heavy atom. The third-order valence-electron chi connectivity index (χ3n) is 6.86. The average Bonchev–Trinajstić information content (AvgIpc) is 2.87. The van der Waals surface area contributed by atoms with E-state index < -0.39 is 0 Å². The van der Waals surface area contributed by atoms with Crippen molar-refractivity contribution in [1.82, 2.24) is 0 Å². The summed E-state index contributed by atoms with van der Waals surface area (Å²) in [5.41, 5.74) is 2.41. The first kappa shape index (κ1) is 10.6. The summed E-state index contributed by atoms with van der Waals surface area (Å²) in [5.74, 6) is 5.33. The molecule has 0 aromatic heterocycles. The molecule has 0 nitrogen and oxygen atoms in total. The molecule has 17 heavy (non-hydrogen) atoms. The van der Waals surface area contributed by atoms with Crippen LogP contribution in [0.3, 0.4) is 0 Å². The molecule has 0 aromatic carbocycles. The van der Waals surface area contributed by atoms with Gasteiger partial charge in [-0.25, -0.2) is 0 Å². The summed E-state index contributed by atoms with van der Waals surface area (Å²) in [5, 5.41) is 0. The van der Waals surface area contributed by atoms with Gasteiger partial charge < -0.3 is 0 Å². The van der Waals surface area contributed by atoms with E-state index in [1.165, 1.54) is 19.3 Å². The minimum Gasteiger partial charge on any atom is -0.0788 e. The van der Waals surface area contributed by atoms with Crippen LogP contribution < -0.4 is 0 Å². The van der Waals surface area contributed by atoms with Gasteiger partial charge in [-0.05, 0) is 80.0 Å². The molecular weight excluding hydrogens is 204 g/mol. The van der Waals surface area contributed by atoms with E-state index in [4.69, 9.17) is 0 Å². The van der Waals surface area contributed by atoms with Crippen molar-refractivity contribution in [2.24, 2.45) is 35.0 Å². The Labute approximate surface area is 106 Å². The van der Waals surface area contributed by atoms with E-state index in [2.05, 4.69) is 19.9 Å². The quantitative estimate of drug-likeness (QED) is 0.567. The van der Waals surface area contributed by atoms with E-state index in [1.54, 1.807) is 25.7 Å². The van der Waals surface area contributed by atoms with Crippen molar-refractivity contribution in [3.63, 3.8) is 0 Å². The van der Waals surface area contributed by atoms with E-state index in [9.17, 15) is 0 Å². The lowest BCUT2D eigenvalue weighted by atomic mass is 9.60. The fourth-order valence-electron chi connectivity index (χ4n) is 5.86. The first-order chi connectivity index (χ1) is 8.15. The van der Waals surface area contributed by atoms with Gasteiger partial charge in [-0.1, -0.05) is 25.5 Å². The first-order valence-corrected chi connectivity index (χ1v) is 7.85. The summed E-state index contributed by atoms with van der Waals surface area (Å²) in [6.07, 6.45) is 13.3. The molecule has 5 aliphatic carbocycles. The summed E-state index contributed by atoms with van der Waals surface area (Å²) in [6, 6.07) is 0. The van der Waals surface area contributed by atoms with E-state index >= 15 is 0 Å². The van der Waals surface area contributed by atoms with Crippen molar-refractivity contribution in [1.29, 1.82) is 0 Å². The zero-order valence-electron chi connectivity index (χ0n) is 11.4. The number of rotatable bonds is 1. The van der Waals surface area contributed by atoms with Crippen LogP contribution in [0.4, 0.5) is 0 Å². The molecule has 4 bridgehead atoms. The van der Waals surface area contributed by atoms with Gasteiger partial charge in [0.05, 0.1) is 0 Å². The number of allylic oxidation sites excluding steroid dienone is 2. The first-order valence-electron chi connectivity index (χ1n) is 7.85. The molecule has 0 radical (unpaired) electrons. The molecule has 1 unspecified atom stereocenters. The van der Waals surface area contributed by atoms with Crippen LogP contribution in [0.15, 0.2) is 11.6 Å². The van der Waals surface area contributed by atoms with E-state index in [1.807, 2.05) is 5.57 Å². The highest BCUT2D eigenvalue weighted by atomic mass is 14.6. The van der Waals surface area contributed by atoms with Crippen LogP contribution in [0.25, 0.3) is 0 Å². The topological polar surface area (TPSA) is 0 Å². The summed E-state index contributed by atoms with van der Waals surface area (Å²) >= 11 is 0. The van der Waals surface area contributed by atoms with Crippen LogP contribution in [0.2, 0.25) is 0 Å². The third-order valence-corrected chi connectivity index (χ3v) is 6.86. The van der Waals surface area contributed by atoms with Crippen LogP contribution in [0.1, 0.15) is 58.8 Å². The largest absolute Gasteiger partial charge is 0.0788 e. The summed E-state index contributed by atoms with van der Waals surface area (Å²) in [4.78, 5) is 0. The molecule has 1 atom stereocenters. The minimum atomic E-state index is 0.600. The molecule has 0 saturated heterocycles. The Kier molecular flexibility index (Phi) is 2.13. The van der Waals surface area contributed by atoms with Crippen LogP contribution in [-0.4, -0.2) is 0 Å². The van der Waals surface area contributed by atoms with Gasteiger partial charge in [0.1, 0.15) is 0 Å². The molecular formula is C17H26. The second-order valence-electron chi connectivity index (χ2n) is 7.87. The van der Waals surface area contributed by atoms with Gasteiger partial charge in [0.2, 0.25) is 0 Å². The van der Waals surface area contributed by atoms with Crippen molar-refractivity contribution < 1.29 is 0 Å². The minimum absolute atomic E-state index is 0.600. The molecule has 0 aliphatic heterocycles. The SMILES string of the molecule is CC1CC/C(=C/C2(C)C3CC4CC2CC4C3)C1. The summed E-state index contributed by atoms with van der Waals surface area (Å²) in [6.45, 7) is 5.03. The summed E-state index contributed by atoms with van der Waals surface area (Å²) < 4.78 is 0. The Bertz CT molecular complexity index is 334. The predicted molar refractivity (Wildman–Crippen MR) is 71.6 cm³/mol. The molecule has 0 aromatic rings. The Hall–Kier alpha value is -0.260. The molecule has 5 aliphatic rings. The van der Waals surface area contributed by atoms with Gasteiger partial charge in [0.15, 0.2) is 0 Å². The zero-order valence-corrected chi connectivity index (χ0v) is 11.4. The smallest absolute Gasteiger partial charge is 0.00870 e. The van der Waals surface area contributed by atoms with Gasteiger partial charge in [-0.2, -0.15) is 0 Å². The lowest BCUT2D eigenvalue weighted by molar-refractivity contribution is 0.0932. The van der Waals surface area contributed by atoms with Crippen LogP contribution in [0, 0.1) is 35.0 Å². The number of hydrogen-bond donors (Lipinski definition) is 0. The maximum atomic E-state index is 2.78. The monoisotopic (exact) mass is 230 g/mol. The van der Waals surface area contributed by atoms with E-state index in [0.717, 1.165) is 29.6 Å². The van der Waals surface area contributed by atoms with Gasteiger partial charge in [0, 0.05) is 0 Å². The maximum absolute atomic E-state index is 2.78. The summed E-state index contributed by atoms with van der Waals surface area (Å²) in [7, 11) is 0. The second kappa shape index (κ2) is 3.39. The maximum Gasteiger partial charge on any atom is -0.00870 e. The Morgan fingerprint density at radius 2 is 1.65 bits per heavy atom. The van der Waals surface area contributed by atoms with Gasteiger partial charge in [0.25, 0.3) is 0 Å². The zero-order chi connectivity index (χ0) is 11.6. The Balaban J connectivity index is 1.64. The molecule has 0 N–H and O–H groups in total. The fourth-order valence-corrected chi connectivity index (χ4v) is 5.86. The standard InChI is InChI=1S/C17H26/c1-11-3-4-12(5-11)10-17(2)15-6-13-7-16(17)9-14(13)8-15/h10-11,13-16H,3-9H2,1-2H3/b12-10-. The van der Waals surface area contributed by atoms with E-state index in [-0.39, 0.29) is 0 Å². The van der Waals surface area contributed by atoms with E-state index in [0.29, 0.717) is 5.41 Å². The molecule has 94 valence electrons. The van der Waals surface area contributed by atoms with Gasteiger partial charge >= 0.3 is 0 Å². The number of hydrogen-bond acceptors (Lipinski definition) is 0. The van der Waals surface area contributed by atoms with Crippen molar-refractivity contribution in [3.05, 3.63) is 11.6 Å². The molecule has 5 fully saturated rings. The van der Waals surface area contributed by atoms with Crippen molar-refractivity contribution in [2.45, 2.75) is 58.8 Å². The average molecular weight is 230 g/mol. The predicted octanol–water partition coefficient (Wildman–Crippen LogP) is 4.81. The molecule has 0 heterocycles. The van der Waals surface area contributed by atoms with Crippen LogP contribution >= 0.6 is 0 Å². The highest BCUT2D eigenvalue weighted by molar-refractivity contribution is 5.20. The van der Waals surface area contributed by atoms with Crippen LogP contribution in [-0.2, 0) is 0 Å². The molecule has 5 saturated carbocycles. The fraction of sp³-hybridized carbons (Fsp3) is 0.882. The lowest BCUT2D eigenvalue weighted by Crippen LogP contribution is -2.36. The van der Waals surface area contributed by atoms with Gasteiger partial charge in [-0.15, -0.1) is 0 Å². The lowest BCUT2D eigenvalue weighted by Gasteiger charge is -2.45. The molecule has 0 spiro atoms. The van der Waals surface area contributed by atoms with Crippen molar-refractivity contribution in [3.8, 4) is 0 Å². The third kappa shape index (κ3) is 1.42. The molecule has 0 amide bonds.